The number of likely N-dealkylation sites (tertiary alicyclic amines) is 1. The van der Waals surface area contributed by atoms with Crippen molar-refractivity contribution in [2.45, 2.75) is 12.5 Å². The Hall–Kier alpha value is -0.160. The van der Waals surface area contributed by atoms with Gasteiger partial charge >= 0.3 is 0 Å². The predicted molar refractivity (Wildman–Crippen MR) is 42.0 cm³/mol. The van der Waals surface area contributed by atoms with Gasteiger partial charge in [-0.25, -0.2) is 5.90 Å². The van der Waals surface area contributed by atoms with Gasteiger partial charge in [0.05, 0.1) is 12.7 Å². The highest BCUT2D eigenvalue weighted by molar-refractivity contribution is 4.74. The van der Waals surface area contributed by atoms with E-state index in [1.165, 1.54) is 0 Å². The Bertz CT molecular complexity index is 111. The third kappa shape index (κ3) is 2.75. The van der Waals surface area contributed by atoms with Crippen LogP contribution in [0.3, 0.4) is 0 Å². The van der Waals surface area contributed by atoms with Gasteiger partial charge in [0.1, 0.15) is 0 Å². The summed E-state index contributed by atoms with van der Waals surface area (Å²) in [5.74, 6) is 4.92. The van der Waals surface area contributed by atoms with Crippen LogP contribution in [0.1, 0.15) is 6.42 Å². The first-order chi connectivity index (χ1) is 5.36. The molecule has 1 unspecified atom stereocenters. The summed E-state index contributed by atoms with van der Waals surface area (Å²) in [6.45, 7) is 3.63. The van der Waals surface area contributed by atoms with Crippen LogP contribution in [-0.4, -0.2) is 44.4 Å². The molecule has 4 nitrogen and oxygen atoms in total. The average molecular weight is 160 g/mol. The fraction of sp³-hybridized carbons (Fsp3) is 1.00. The van der Waals surface area contributed by atoms with Crippen molar-refractivity contribution in [3.8, 4) is 0 Å². The Labute approximate surface area is 67.2 Å². The Morgan fingerprint density at radius 2 is 2.45 bits per heavy atom. The quantitative estimate of drug-likeness (QED) is 0.568. The van der Waals surface area contributed by atoms with Gasteiger partial charge in [-0.2, -0.15) is 0 Å². The van der Waals surface area contributed by atoms with E-state index in [-0.39, 0.29) is 0 Å². The lowest BCUT2D eigenvalue weighted by Gasteiger charge is -2.13. The number of nitrogens with zero attached hydrogens (tertiary/aromatic N) is 1. The van der Waals surface area contributed by atoms with Gasteiger partial charge in [-0.3, -0.25) is 4.90 Å². The third-order valence-electron chi connectivity index (χ3n) is 2.09. The van der Waals surface area contributed by atoms with Crippen LogP contribution >= 0.6 is 0 Å². The largest absolute Gasteiger partial charge is 0.380 e. The molecule has 0 radical (unpaired) electrons. The molecule has 0 saturated carbocycles. The predicted octanol–water partition coefficient (Wildman–Crippen LogP) is -0.403. The topological polar surface area (TPSA) is 47.7 Å². The van der Waals surface area contributed by atoms with E-state index in [1.807, 2.05) is 0 Å². The van der Waals surface area contributed by atoms with E-state index in [0.29, 0.717) is 12.7 Å². The maximum atomic E-state index is 5.21. The van der Waals surface area contributed by atoms with E-state index in [2.05, 4.69) is 9.74 Å². The summed E-state index contributed by atoms with van der Waals surface area (Å²) in [7, 11) is 1.76. The van der Waals surface area contributed by atoms with E-state index in [1.54, 1.807) is 7.11 Å². The fourth-order valence-electron chi connectivity index (χ4n) is 1.37. The minimum Gasteiger partial charge on any atom is -0.380 e. The molecule has 1 rings (SSSR count). The van der Waals surface area contributed by atoms with Crippen molar-refractivity contribution in [2.24, 2.45) is 5.90 Å². The second kappa shape index (κ2) is 4.66. The maximum Gasteiger partial charge on any atom is 0.0806 e. The lowest BCUT2D eigenvalue weighted by Crippen LogP contribution is -2.27. The Morgan fingerprint density at radius 3 is 3.00 bits per heavy atom. The van der Waals surface area contributed by atoms with Gasteiger partial charge in [0, 0.05) is 26.7 Å². The molecule has 1 atom stereocenters. The number of hydrogen-bond acceptors (Lipinski definition) is 4. The summed E-state index contributed by atoms with van der Waals surface area (Å²) < 4.78 is 5.21. The molecule has 1 aliphatic heterocycles. The normalized spacial score (nSPS) is 26.2. The van der Waals surface area contributed by atoms with Crippen molar-refractivity contribution in [3.05, 3.63) is 0 Å². The monoisotopic (exact) mass is 160 g/mol. The second-order valence-corrected chi connectivity index (χ2v) is 2.82. The zero-order valence-electron chi connectivity index (χ0n) is 6.95. The van der Waals surface area contributed by atoms with Crippen LogP contribution in [0.25, 0.3) is 0 Å². The van der Waals surface area contributed by atoms with Gasteiger partial charge in [0.15, 0.2) is 0 Å². The van der Waals surface area contributed by atoms with Crippen LogP contribution in [0.4, 0.5) is 0 Å². The molecule has 0 bridgehead atoms. The number of methoxy groups -OCH3 is 1. The summed E-state index contributed by atoms with van der Waals surface area (Å²) in [6.07, 6.45) is 1.54. The molecule has 4 heteroatoms. The van der Waals surface area contributed by atoms with Crippen LogP contribution in [0.2, 0.25) is 0 Å². The first-order valence-electron chi connectivity index (χ1n) is 3.93. The van der Waals surface area contributed by atoms with E-state index < -0.39 is 0 Å². The van der Waals surface area contributed by atoms with Crippen molar-refractivity contribution in [1.29, 1.82) is 0 Å². The minimum absolute atomic E-state index is 0.410. The van der Waals surface area contributed by atoms with E-state index in [0.717, 1.165) is 26.1 Å². The van der Waals surface area contributed by atoms with Gasteiger partial charge in [-0.15, -0.1) is 0 Å². The molecule has 2 N–H and O–H groups in total. The zero-order valence-corrected chi connectivity index (χ0v) is 6.95. The molecular formula is C7H16N2O2. The molecular weight excluding hydrogens is 144 g/mol. The van der Waals surface area contributed by atoms with Crippen LogP contribution in [0, 0.1) is 0 Å². The first-order valence-corrected chi connectivity index (χ1v) is 3.93. The van der Waals surface area contributed by atoms with Gasteiger partial charge in [0.25, 0.3) is 0 Å². The molecule has 0 aliphatic carbocycles. The highest BCUT2D eigenvalue weighted by atomic mass is 16.6. The van der Waals surface area contributed by atoms with Crippen molar-refractivity contribution in [1.82, 2.24) is 4.90 Å². The van der Waals surface area contributed by atoms with Crippen molar-refractivity contribution in [3.63, 3.8) is 0 Å². The standard InChI is InChI=1S/C7H16N2O2/c1-10-7-2-3-9(6-7)4-5-11-8/h7H,2-6,8H2,1H3. The van der Waals surface area contributed by atoms with Gasteiger partial charge in [-0.1, -0.05) is 0 Å². The van der Waals surface area contributed by atoms with E-state index >= 15 is 0 Å². The maximum absolute atomic E-state index is 5.21. The van der Waals surface area contributed by atoms with Crippen molar-refractivity contribution >= 4 is 0 Å². The highest BCUT2D eigenvalue weighted by Gasteiger charge is 2.20. The molecule has 0 aromatic heterocycles. The van der Waals surface area contributed by atoms with Crippen LogP contribution in [0.15, 0.2) is 0 Å². The summed E-state index contributed by atoms with van der Waals surface area (Å²) in [6, 6.07) is 0. The molecule has 1 aliphatic rings. The minimum atomic E-state index is 0.410. The average Bonchev–Trinajstić information content (AvgIpc) is 2.48. The molecule has 0 spiro atoms. The molecule has 11 heavy (non-hydrogen) atoms. The second-order valence-electron chi connectivity index (χ2n) is 2.82. The molecule has 1 saturated heterocycles. The highest BCUT2D eigenvalue weighted by Crippen LogP contribution is 2.10. The molecule has 1 heterocycles. The van der Waals surface area contributed by atoms with Gasteiger partial charge in [0.2, 0.25) is 0 Å². The smallest absolute Gasteiger partial charge is 0.0806 e. The van der Waals surface area contributed by atoms with Crippen molar-refractivity contribution < 1.29 is 9.57 Å². The third-order valence-corrected chi connectivity index (χ3v) is 2.09. The summed E-state index contributed by atoms with van der Waals surface area (Å²) in [5, 5.41) is 0. The number of ether oxygens (including phenoxy) is 1. The van der Waals surface area contributed by atoms with Crippen LogP contribution in [0.5, 0.6) is 0 Å². The molecule has 0 aromatic rings. The number of hydrogen-bond donors (Lipinski definition) is 1. The zero-order chi connectivity index (χ0) is 8.10. The fourth-order valence-corrected chi connectivity index (χ4v) is 1.37. The molecule has 66 valence electrons. The van der Waals surface area contributed by atoms with E-state index in [4.69, 9.17) is 10.6 Å². The summed E-state index contributed by atoms with van der Waals surface area (Å²) >= 11 is 0. The number of nitrogens with two attached hydrogens (primary N) is 1. The lowest BCUT2D eigenvalue weighted by molar-refractivity contribution is 0.0897. The van der Waals surface area contributed by atoms with Gasteiger partial charge in [-0.05, 0) is 6.42 Å². The lowest BCUT2D eigenvalue weighted by atomic mass is 10.3. The molecule has 1 fully saturated rings. The molecule has 0 amide bonds. The van der Waals surface area contributed by atoms with Gasteiger partial charge < -0.3 is 9.57 Å². The van der Waals surface area contributed by atoms with Crippen LogP contribution in [-0.2, 0) is 9.57 Å². The SMILES string of the molecule is COC1CCN(CCON)C1. The summed E-state index contributed by atoms with van der Waals surface area (Å²) in [4.78, 5) is 6.78. The Kier molecular flexibility index (Phi) is 3.79. The Balaban J connectivity index is 2.09. The molecule has 0 aromatic carbocycles. The van der Waals surface area contributed by atoms with Crippen molar-refractivity contribution in [2.75, 3.05) is 33.4 Å². The number of rotatable bonds is 4. The summed E-state index contributed by atoms with van der Waals surface area (Å²) in [5.41, 5.74) is 0. The van der Waals surface area contributed by atoms with E-state index in [9.17, 15) is 0 Å². The Morgan fingerprint density at radius 1 is 1.64 bits per heavy atom. The van der Waals surface area contributed by atoms with Crippen LogP contribution < -0.4 is 5.90 Å². The first kappa shape index (κ1) is 8.93.